The van der Waals surface area contributed by atoms with Crippen molar-refractivity contribution in [3.63, 3.8) is 0 Å². The van der Waals surface area contributed by atoms with Crippen LogP contribution < -0.4 is 5.32 Å². The first kappa shape index (κ1) is 12.6. The summed E-state index contributed by atoms with van der Waals surface area (Å²) >= 11 is 16.6. The summed E-state index contributed by atoms with van der Waals surface area (Å²) in [6.07, 6.45) is 0. The summed E-state index contributed by atoms with van der Waals surface area (Å²) in [5, 5.41) is 4.46. The monoisotopic (exact) mass is 263 g/mol. The number of halogens is 2. The average Bonchev–Trinajstić information content (AvgIpc) is 2.14. The maximum atomic E-state index is 5.84. The van der Waals surface area contributed by atoms with E-state index in [0.717, 1.165) is 12.1 Å². The van der Waals surface area contributed by atoms with Crippen molar-refractivity contribution in [1.82, 2.24) is 5.32 Å². The summed E-state index contributed by atoms with van der Waals surface area (Å²) < 4.78 is 5.28. The fourth-order valence-electron chi connectivity index (χ4n) is 1.04. The molecule has 2 nitrogen and oxygen atoms in total. The second kappa shape index (κ2) is 6.16. The van der Waals surface area contributed by atoms with Crippen LogP contribution in [0.25, 0.3) is 0 Å². The highest BCUT2D eigenvalue weighted by Gasteiger charge is 2.00. The molecule has 0 aliphatic heterocycles. The minimum absolute atomic E-state index is 0.367. The van der Waals surface area contributed by atoms with Crippen molar-refractivity contribution in [2.75, 3.05) is 6.54 Å². The van der Waals surface area contributed by atoms with Crippen LogP contribution in [0.1, 0.15) is 12.5 Å². The topological polar surface area (TPSA) is 21.3 Å². The van der Waals surface area contributed by atoms with Gasteiger partial charge in [-0.05, 0) is 42.9 Å². The molecule has 0 saturated heterocycles. The first-order valence-electron chi connectivity index (χ1n) is 4.47. The van der Waals surface area contributed by atoms with Crippen LogP contribution in [0.3, 0.4) is 0 Å². The predicted octanol–water partition coefficient (Wildman–Crippen LogP) is 3.40. The van der Waals surface area contributed by atoms with Crippen LogP contribution in [0.4, 0.5) is 0 Å². The highest BCUT2D eigenvalue weighted by molar-refractivity contribution is 7.80. The summed E-state index contributed by atoms with van der Waals surface area (Å²) in [5.74, 6) is 0. The van der Waals surface area contributed by atoms with E-state index in [2.05, 4.69) is 5.32 Å². The van der Waals surface area contributed by atoms with Gasteiger partial charge in [0.1, 0.15) is 6.61 Å². The largest absolute Gasteiger partial charge is 0.466 e. The summed E-state index contributed by atoms with van der Waals surface area (Å²) in [6.45, 7) is 3.06. The van der Waals surface area contributed by atoms with Gasteiger partial charge in [-0.15, -0.1) is 0 Å². The lowest BCUT2D eigenvalue weighted by Gasteiger charge is -2.08. The molecular weight excluding hydrogens is 253 g/mol. The lowest BCUT2D eigenvalue weighted by Crippen LogP contribution is -2.23. The minimum atomic E-state index is 0.367. The van der Waals surface area contributed by atoms with Crippen LogP contribution in [0.15, 0.2) is 18.2 Å². The molecule has 0 atom stereocenters. The van der Waals surface area contributed by atoms with E-state index in [1.807, 2.05) is 6.92 Å². The Morgan fingerprint density at radius 1 is 1.33 bits per heavy atom. The second-order valence-corrected chi connectivity index (χ2v) is 4.13. The zero-order valence-electron chi connectivity index (χ0n) is 8.22. The van der Waals surface area contributed by atoms with E-state index in [9.17, 15) is 0 Å². The molecule has 82 valence electrons. The van der Waals surface area contributed by atoms with Crippen LogP contribution in [-0.4, -0.2) is 11.7 Å². The van der Waals surface area contributed by atoms with Crippen LogP contribution in [0.2, 0.25) is 10.0 Å². The second-order valence-electron chi connectivity index (χ2n) is 2.88. The molecule has 0 unspecified atom stereocenters. The average molecular weight is 264 g/mol. The van der Waals surface area contributed by atoms with E-state index in [0.29, 0.717) is 21.8 Å². The van der Waals surface area contributed by atoms with E-state index < -0.39 is 0 Å². The van der Waals surface area contributed by atoms with Gasteiger partial charge in [0.25, 0.3) is 5.17 Å². The summed E-state index contributed by atoms with van der Waals surface area (Å²) in [5.41, 5.74) is 0.896. The molecule has 0 spiro atoms. The molecule has 0 amide bonds. The molecule has 0 aliphatic rings. The molecule has 15 heavy (non-hydrogen) atoms. The lowest BCUT2D eigenvalue weighted by molar-refractivity contribution is 0.287. The van der Waals surface area contributed by atoms with Gasteiger partial charge in [-0.25, -0.2) is 0 Å². The van der Waals surface area contributed by atoms with Crippen molar-refractivity contribution in [2.45, 2.75) is 13.5 Å². The molecule has 5 heteroatoms. The molecule has 1 aromatic rings. The Morgan fingerprint density at radius 3 is 2.47 bits per heavy atom. The van der Waals surface area contributed by atoms with Crippen LogP contribution in [0, 0.1) is 0 Å². The zero-order chi connectivity index (χ0) is 11.3. The van der Waals surface area contributed by atoms with Crippen molar-refractivity contribution in [2.24, 2.45) is 0 Å². The third-order valence-corrected chi connectivity index (χ3v) is 2.31. The number of nitrogens with one attached hydrogen (secondary N) is 1. The molecule has 0 fully saturated rings. The molecule has 0 aliphatic carbocycles. The molecule has 0 aromatic heterocycles. The summed E-state index contributed by atoms with van der Waals surface area (Å²) in [7, 11) is 0. The van der Waals surface area contributed by atoms with E-state index in [1.165, 1.54) is 0 Å². The minimum Gasteiger partial charge on any atom is -0.466 e. The third-order valence-electron chi connectivity index (χ3n) is 1.61. The molecule has 0 radical (unpaired) electrons. The first-order valence-corrected chi connectivity index (χ1v) is 5.64. The standard InChI is InChI=1S/C10H11Cl2NOS/c1-2-13-10(15)14-6-7-3-8(11)5-9(12)4-7/h3-5H,2,6H2,1H3,(H,13,15). The van der Waals surface area contributed by atoms with Gasteiger partial charge >= 0.3 is 0 Å². The van der Waals surface area contributed by atoms with Gasteiger partial charge in [0, 0.05) is 16.6 Å². The van der Waals surface area contributed by atoms with Gasteiger partial charge in [0.05, 0.1) is 0 Å². The number of benzene rings is 1. The van der Waals surface area contributed by atoms with Gasteiger partial charge in [-0.1, -0.05) is 23.2 Å². The summed E-state index contributed by atoms with van der Waals surface area (Å²) in [6, 6.07) is 5.26. The number of ether oxygens (including phenoxy) is 1. The van der Waals surface area contributed by atoms with Crippen molar-refractivity contribution >= 4 is 40.6 Å². The Balaban J connectivity index is 2.54. The van der Waals surface area contributed by atoms with Crippen LogP contribution >= 0.6 is 35.4 Å². The maximum Gasteiger partial charge on any atom is 0.256 e. The molecule has 1 aromatic carbocycles. The normalized spacial score (nSPS) is 9.80. The SMILES string of the molecule is CCNC(=S)OCc1cc(Cl)cc(Cl)c1. The third kappa shape index (κ3) is 4.69. The molecule has 1 rings (SSSR count). The summed E-state index contributed by atoms with van der Waals surface area (Å²) in [4.78, 5) is 0. The van der Waals surface area contributed by atoms with Crippen LogP contribution in [-0.2, 0) is 11.3 Å². The Morgan fingerprint density at radius 2 is 1.93 bits per heavy atom. The van der Waals surface area contributed by atoms with E-state index in [1.54, 1.807) is 18.2 Å². The fourth-order valence-corrected chi connectivity index (χ4v) is 1.81. The van der Waals surface area contributed by atoms with Gasteiger partial charge in [0.15, 0.2) is 0 Å². The molecule has 0 saturated carbocycles. The molecule has 1 N–H and O–H groups in total. The number of rotatable bonds is 3. The van der Waals surface area contributed by atoms with Crippen molar-refractivity contribution in [1.29, 1.82) is 0 Å². The molecule has 0 bridgehead atoms. The number of thiocarbonyl (C=S) groups is 1. The Hall–Kier alpha value is -0.510. The fraction of sp³-hybridized carbons (Fsp3) is 0.300. The van der Waals surface area contributed by atoms with E-state index >= 15 is 0 Å². The van der Waals surface area contributed by atoms with Gasteiger partial charge < -0.3 is 10.1 Å². The Bertz CT molecular complexity index is 337. The first-order chi connectivity index (χ1) is 7.11. The lowest BCUT2D eigenvalue weighted by atomic mass is 10.2. The molecular formula is C10H11Cl2NOS. The predicted molar refractivity (Wildman–Crippen MR) is 67.5 cm³/mol. The van der Waals surface area contributed by atoms with Crippen LogP contribution in [0.5, 0.6) is 0 Å². The maximum absolute atomic E-state index is 5.84. The smallest absolute Gasteiger partial charge is 0.256 e. The Labute approximate surface area is 105 Å². The van der Waals surface area contributed by atoms with E-state index in [-0.39, 0.29) is 0 Å². The quantitative estimate of drug-likeness (QED) is 0.845. The van der Waals surface area contributed by atoms with Crippen molar-refractivity contribution in [3.8, 4) is 0 Å². The van der Waals surface area contributed by atoms with Gasteiger partial charge in [0.2, 0.25) is 0 Å². The van der Waals surface area contributed by atoms with Gasteiger partial charge in [-0.2, -0.15) is 0 Å². The van der Waals surface area contributed by atoms with Crippen molar-refractivity contribution in [3.05, 3.63) is 33.8 Å². The Kier molecular flexibility index (Phi) is 5.15. The number of hydrogen-bond donors (Lipinski definition) is 1. The van der Waals surface area contributed by atoms with Crippen molar-refractivity contribution < 1.29 is 4.74 Å². The van der Waals surface area contributed by atoms with Gasteiger partial charge in [-0.3, -0.25) is 0 Å². The highest BCUT2D eigenvalue weighted by atomic mass is 35.5. The molecule has 0 heterocycles. The number of hydrogen-bond acceptors (Lipinski definition) is 2. The van der Waals surface area contributed by atoms with E-state index in [4.69, 9.17) is 40.2 Å². The highest BCUT2D eigenvalue weighted by Crippen LogP contribution is 2.19. The zero-order valence-corrected chi connectivity index (χ0v) is 10.5.